The van der Waals surface area contributed by atoms with Crippen LogP contribution in [0.2, 0.25) is 0 Å². The highest BCUT2D eigenvalue weighted by atomic mass is 127. The van der Waals surface area contributed by atoms with E-state index >= 15 is 0 Å². The molecule has 0 bridgehead atoms. The summed E-state index contributed by atoms with van der Waals surface area (Å²) in [6.07, 6.45) is 0. The van der Waals surface area contributed by atoms with Crippen LogP contribution in [0.25, 0.3) is 11.0 Å². The summed E-state index contributed by atoms with van der Waals surface area (Å²) >= 11 is 2.27. The Hall–Kier alpha value is -2.60. The first-order valence-electron chi connectivity index (χ1n) is 8.32. The maximum atomic E-state index is 12.8. The summed E-state index contributed by atoms with van der Waals surface area (Å²) in [5.74, 6) is 5.23. The van der Waals surface area contributed by atoms with Crippen LogP contribution in [0.5, 0.6) is 0 Å². The van der Waals surface area contributed by atoms with Crippen LogP contribution in [-0.4, -0.2) is 20.3 Å². The molecule has 27 heavy (non-hydrogen) atoms. The van der Waals surface area contributed by atoms with Crippen molar-refractivity contribution in [1.82, 2.24) is 14.3 Å². The monoisotopic (exact) mass is 474 g/mol. The lowest BCUT2D eigenvalue weighted by Gasteiger charge is -2.22. The second kappa shape index (κ2) is 7.19. The number of fused-ring (bicyclic) bond motifs is 1. The number of aromatic nitrogens is 3. The summed E-state index contributed by atoms with van der Waals surface area (Å²) in [7, 11) is 3.48. The number of halogens is 1. The Kier molecular flexibility index (Phi) is 5.11. The number of aryl methyl sites for hydroxylation is 3. The molecule has 7 heteroatoms. The number of benzene rings is 1. The van der Waals surface area contributed by atoms with Crippen LogP contribution in [0, 0.1) is 29.3 Å². The fourth-order valence-corrected chi connectivity index (χ4v) is 3.56. The molecule has 0 aliphatic rings. The molecule has 2 aromatic heterocycles. The highest BCUT2D eigenvalue weighted by Gasteiger charge is 2.22. The Bertz CT molecular complexity index is 1190. The number of amides is 1. The first-order valence-corrected chi connectivity index (χ1v) is 9.40. The minimum Gasteiger partial charge on any atom is -0.284 e. The number of carbonyl (C=O) groups excluding carboxylic acids is 1. The Labute approximate surface area is 170 Å². The van der Waals surface area contributed by atoms with Crippen LogP contribution in [0.4, 0.5) is 11.5 Å². The van der Waals surface area contributed by atoms with E-state index in [-0.39, 0.29) is 11.5 Å². The highest BCUT2D eigenvalue weighted by Crippen LogP contribution is 2.31. The molecule has 0 N–H and O–H groups in total. The molecule has 3 aromatic rings. The summed E-state index contributed by atoms with van der Waals surface area (Å²) in [5.41, 5.74) is 3.50. The maximum Gasteiger partial charge on any atom is 0.308 e. The number of nitrogens with zero attached hydrogens (tertiary/aromatic N) is 4. The topological polar surface area (TPSA) is 60.1 Å². The second-order valence-electron chi connectivity index (χ2n) is 6.29. The van der Waals surface area contributed by atoms with Crippen LogP contribution in [0.1, 0.15) is 18.1 Å². The van der Waals surface area contributed by atoms with E-state index < -0.39 is 0 Å². The van der Waals surface area contributed by atoms with E-state index in [1.165, 1.54) is 9.58 Å². The maximum absolute atomic E-state index is 12.8. The van der Waals surface area contributed by atoms with Gasteiger partial charge in [-0.2, -0.15) is 0 Å². The predicted molar refractivity (Wildman–Crippen MR) is 115 cm³/mol. The van der Waals surface area contributed by atoms with E-state index in [0.29, 0.717) is 22.5 Å². The van der Waals surface area contributed by atoms with Gasteiger partial charge in [0.25, 0.3) is 5.56 Å². The summed E-state index contributed by atoms with van der Waals surface area (Å²) in [6.45, 7) is 5.55. The van der Waals surface area contributed by atoms with Gasteiger partial charge >= 0.3 is 5.91 Å². The van der Waals surface area contributed by atoms with Gasteiger partial charge in [0, 0.05) is 17.7 Å². The van der Waals surface area contributed by atoms with Gasteiger partial charge in [0.15, 0.2) is 5.52 Å². The predicted octanol–water partition coefficient (Wildman–Crippen LogP) is 3.18. The van der Waals surface area contributed by atoms with Crippen molar-refractivity contribution in [3.05, 3.63) is 49.3 Å². The Morgan fingerprint density at radius 3 is 2.52 bits per heavy atom. The van der Waals surface area contributed by atoms with Gasteiger partial charge < -0.3 is 0 Å². The van der Waals surface area contributed by atoms with Gasteiger partial charge in [-0.25, -0.2) is 4.98 Å². The van der Waals surface area contributed by atoms with E-state index in [4.69, 9.17) is 0 Å². The summed E-state index contributed by atoms with van der Waals surface area (Å²) in [6, 6.07) is 7.50. The van der Waals surface area contributed by atoms with Crippen molar-refractivity contribution in [2.45, 2.75) is 20.8 Å². The average molecular weight is 474 g/mol. The molecule has 0 unspecified atom stereocenters. The number of pyridine rings is 1. The lowest BCUT2D eigenvalue weighted by atomic mass is 10.1. The number of rotatable bonds is 2. The molecular formula is C20H19IN4O2. The van der Waals surface area contributed by atoms with E-state index in [1.54, 1.807) is 37.8 Å². The first-order chi connectivity index (χ1) is 12.8. The molecule has 0 atom stereocenters. The lowest BCUT2D eigenvalue weighted by molar-refractivity contribution is -0.112. The molecular weight excluding hydrogens is 455 g/mol. The molecule has 3 rings (SSSR count). The summed E-state index contributed by atoms with van der Waals surface area (Å²) in [5, 5.41) is 0. The minimum atomic E-state index is -0.388. The molecule has 138 valence electrons. The molecule has 1 aromatic carbocycles. The number of hydrogen-bond donors (Lipinski definition) is 0. The zero-order valence-corrected chi connectivity index (χ0v) is 18.0. The van der Waals surface area contributed by atoms with Crippen LogP contribution < -0.4 is 10.5 Å². The number of anilines is 2. The quantitative estimate of drug-likeness (QED) is 0.424. The fourth-order valence-electron chi connectivity index (χ4n) is 2.94. The van der Waals surface area contributed by atoms with Crippen molar-refractivity contribution in [3.8, 4) is 11.8 Å². The standard InChI is InChI=1S/C20H19IN4O2/c1-6-7-18(26)25(16-11-12(2)14(21)10-13(16)3)17-9-8-15-19(22-17)20(27)24(5)23(15)4/h8-11H,1-5H3. The molecule has 0 spiro atoms. The highest BCUT2D eigenvalue weighted by molar-refractivity contribution is 14.1. The second-order valence-corrected chi connectivity index (χ2v) is 7.46. The molecule has 0 aliphatic carbocycles. The molecule has 0 aliphatic heterocycles. The largest absolute Gasteiger partial charge is 0.308 e. The van der Waals surface area contributed by atoms with Crippen molar-refractivity contribution in [1.29, 1.82) is 0 Å². The van der Waals surface area contributed by atoms with Gasteiger partial charge in [0.2, 0.25) is 0 Å². The van der Waals surface area contributed by atoms with Crippen molar-refractivity contribution in [2.75, 3.05) is 4.90 Å². The van der Waals surface area contributed by atoms with Crippen LogP contribution in [0.15, 0.2) is 29.1 Å². The zero-order chi connectivity index (χ0) is 19.9. The van der Waals surface area contributed by atoms with E-state index in [1.807, 2.05) is 26.0 Å². The molecule has 0 radical (unpaired) electrons. The van der Waals surface area contributed by atoms with Gasteiger partial charge in [-0.15, -0.1) is 0 Å². The SMILES string of the molecule is CC#CC(=O)N(c1ccc2c(n1)c(=O)n(C)n2C)c1cc(C)c(I)cc1C. The number of carbonyl (C=O) groups is 1. The molecule has 1 amide bonds. The van der Waals surface area contributed by atoms with Crippen molar-refractivity contribution in [2.24, 2.45) is 14.1 Å². The third-order valence-electron chi connectivity index (χ3n) is 4.54. The molecule has 0 saturated heterocycles. The molecule has 6 nitrogen and oxygen atoms in total. The normalized spacial score (nSPS) is 10.6. The van der Waals surface area contributed by atoms with Crippen LogP contribution in [-0.2, 0) is 18.9 Å². The van der Waals surface area contributed by atoms with Gasteiger partial charge in [-0.1, -0.05) is 5.92 Å². The minimum absolute atomic E-state index is 0.209. The Morgan fingerprint density at radius 2 is 1.85 bits per heavy atom. The van der Waals surface area contributed by atoms with Gasteiger partial charge in [-0.05, 0) is 84.7 Å². The summed E-state index contributed by atoms with van der Waals surface area (Å²) < 4.78 is 4.33. The van der Waals surface area contributed by atoms with Crippen molar-refractivity contribution in [3.63, 3.8) is 0 Å². The average Bonchev–Trinajstić information content (AvgIpc) is 2.84. The summed E-state index contributed by atoms with van der Waals surface area (Å²) in [4.78, 5) is 31.3. The molecule has 0 fully saturated rings. The lowest BCUT2D eigenvalue weighted by Crippen LogP contribution is -2.26. The number of hydrogen-bond acceptors (Lipinski definition) is 3. The van der Waals surface area contributed by atoms with Gasteiger partial charge in [-0.3, -0.25) is 23.9 Å². The van der Waals surface area contributed by atoms with E-state index in [0.717, 1.165) is 14.7 Å². The molecule has 0 saturated carbocycles. The van der Waals surface area contributed by atoms with Crippen molar-refractivity contribution >= 4 is 51.0 Å². The van der Waals surface area contributed by atoms with E-state index in [2.05, 4.69) is 39.4 Å². The third-order valence-corrected chi connectivity index (χ3v) is 5.70. The first kappa shape index (κ1) is 19.2. The Balaban J connectivity index is 2.29. The Morgan fingerprint density at radius 1 is 1.15 bits per heavy atom. The third kappa shape index (κ3) is 3.25. The molecule has 2 heterocycles. The fraction of sp³-hybridized carbons (Fsp3) is 0.250. The zero-order valence-electron chi connectivity index (χ0n) is 15.8. The smallest absolute Gasteiger partial charge is 0.284 e. The van der Waals surface area contributed by atoms with E-state index in [9.17, 15) is 9.59 Å². The van der Waals surface area contributed by atoms with Crippen molar-refractivity contribution < 1.29 is 4.79 Å². The van der Waals surface area contributed by atoms with Gasteiger partial charge in [0.05, 0.1) is 11.2 Å². The van der Waals surface area contributed by atoms with Crippen LogP contribution >= 0.6 is 22.6 Å². The van der Waals surface area contributed by atoms with Crippen LogP contribution in [0.3, 0.4) is 0 Å². The van der Waals surface area contributed by atoms with Gasteiger partial charge in [0.1, 0.15) is 5.82 Å².